The van der Waals surface area contributed by atoms with Crippen molar-refractivity contribution in [3.05, 3.63) is 39.4 Å². The molecular formula is C8H5F4NO2. The van der Waals surface area contributed by atoms with E-state index in [9.17, 15) is 27.7 Å². The van der Waals surface area contributed by atoms with Gasteiger partial charge in [-0.25, -0.2) is 17.6 Å². The molecule has 0 radical (unpaired) electrons. The number of alkyl halides is 4. The third kappa shape index (κ3) is 2.42. The SMILES string of the molecule is O=[N+]([O-])c1cc(C(F)F)ccc1C(F)F. The molecule has 0 fully saturated rings. The Morgan fingerprint density at radius 2 is 1.73 bits per heavy atom. The lowest BCUT2D eigenvalue weighted by Gasteiger charge is -2.04. The van der Waals surface area contributed by atoms with E-state index in [-0.39, 0.29) is 0 Å². The van der Waals surface area contributed by atoms with Crippen molar-refractivity contribution in [2.75, 3.05) is 0 Å². The van der Waals surface area contributed by atoms with E-state index >= 15 is 0 Å². The number of nitrogens with zero attached hydrogens (tertiary/aromatic N) is 1. The highest BCUT2D eigenvalue weighted by Crippen LogP contribution is 2.32. The van der Waals surface area contributed by atoms with Crippen LogP contribution in [-0.2, 0) is 0 Å². The molecule has 0 bridgehead atoms. The van der Waals surface area contributed by atoms with Gasteiger partial charge in [0.1, 0.15) is 0 Å². The van der Waals surface area contributed by atoms with Crippen LogP contribution in [0.5, 0.6) is 0 Å². The van der Waals surface area contributed by atoms with Crippen LogP contribution in [0.1, 0.15) is 24.0 Å². The zero-order valence-electron chi connectivity index (χ0n) is 7.16. The summed E-state index contributed by atoms with van der Waals surface area (Å²) < 4.78 is 48.7. The molecule has 0 aliphatic carbocycles. The second-order valence-corrected chi connectivity index (χ2v) is 2.68. The number of hydrogen-bond acceptors (Lipinski definition) is 2. The molecule has 1 aromatic carbocycles. The first-order valence-electron chi connectivity index (χ1n) is 3.78. The Balaban J connectivity index is 3.27. The van der Waals surface area contributed by atoms with Crippen molar-refractivity contribution in [1.82, 2.24) is 0 Å². The molecule has 15 heavy (non-hydrogen) atoms. The van der Waals surface area contributed by atoms with E-state index in [0.717, 1.165) is 6.07 Å². The van der Waals surface area contributed by atoms with Crippen molar-refractivity contribution in [2.24, 2.45) is 0 Å². The Kier molecular flexibility index (Phi) is 3.23. The molecule has 0 heterocycles. The van der Waals surface area contributed by atoms with Crippen molar-refractivity contribution in [3.8, 4) is 0 Å². The summed E-state index contributed by atoms with van der Waals surface area (Å²) >= 11 is 0. The highest BCUT2D eigenvalue weighted by molar-refractivity contribution is 5.44. The van der Waals surface area contributed by atoms with Gasteiger partial charge in [0.25, 0.3) is 18.5 Å². The van der Waals surface area contributed by atoms with Crippen LogP contribution in [0, 0.1) is 10.1 Å². The molecule has 0 aromatic heterocycles. The molecule has 0 unspecified atom stereocenters. The fourth-order valence-corrected chi connectivity index (χ4v) is 1.04. The molecule has 0 atom stereocenters. The van der Waals surface area contributed by atoms with E-state index in [0.29, 0.717) is 12.1 Å². The lowest BCUT2D eigenvalue weighted by Crippen LogP contribution is -1.97. The molecule has 0 saturated heterocycles. The summed E-state index contributed by atoms with van der Waals surface area (Å²) in [5, 5.41) is 10.3. The van der Waals surface area contributed by atoms with Crippen LogP contribution >= 0.6 is 0 Å². The van der Waals surface area contributed by atoms with Gasteiger partial charge >= 0.3 is 0 Å². The predicted molar refractivity (Wildman–Crippen MR) is 43.0 cm³/mol. The lowest BCUT2D eigenvalue weighted by molar-refractivity contribution is -0.386. The number of nitro benzene ring substituents is 1. The number of nitro groups is 1. The minimum absolute atomic E-state index is 0.464. The molecule has 3 nitrogen and oxygen atoms in total. The van der Waals surface area contributed by atoms with Gasteiger partial charge < -0.3 is 0 Å². The zero-order valence-corrected chi connectivity index (χ0v) is 7.16. The second-order valence-electron chi connectivity index (χ2n) is 2.68. The summed E-state index contributed by atoms with van der Waals surface area (Å²) in [4.78, 5) is 9.22. The minimum atomic E-state index is -3.06. The Morgan fingerprint density at radius 1 is 1.13 bits per heavy atom. The summed E-state index contributed by atoms with van der Waals surface area (Å²) in [6, 6.07) is 1.86. The Hall–Kier alpha value is -1.66. The molecular weight excluding hydrogens is 218 g/mol. The largest absolute Gasteiger partial charge is 0.278 e. The molecule has 1 aromatic rings. The van der Waals surface area contributed by atoms with Gasteiger partial charge in [-0.3, -0.25) is 10.1 Å². The van der Waals surface area contributed by atoms with Crippen LogP contribution in [0.2, 0.25) is 0 Å². The van der Waals surface area contributed by atoms with Gasteiger partial charge in [-0.2, -0.15) is 0 Å². The molecule has 82 valence electrons. The normalized spacial score (nSPS) is 11.1. The van der Waals surface area contributed by atoms with Crippen LogP contribution in [0.15, 0.2) is 18.2 Å². The van der Waals surface area contributed by atoms with Gasteiger partial charge in [-0.15, -0.1) is 0 Å². The average Bonchev–Trinajstić information content (AvgIpc) is 2.16. The molecule has 7 heteroatoms. The van der Waals surface area contributed by atoms with E-state index in [1.165, 1.54) is 0 Å². The summed E-state index contributed by atoms with van der Waals surface area (Å²) in [6.07, 6.45) is -5.98. The van der Waals surface area contributed by atoms with Crippen molar-refractivity contribution in [2.45, 2.75) is 12.9 Å². The van der Waals surface area contributed by atoms with Gasteiger partial charge in [-0.1, -0.05) is 6.07 Å². The van der Waals surface area contributed by atoms with E-state index in [1.807, 2.05) is 0 Å². The average molecular weight is 223 g/mol. The molecule has 0 N–H and O–H groups in total. The van der Waals surface area contributed by atoms with Gasteiger partial charge in [-0.05, 0) is 6.07 Å². The number of halogens is 4. The number of rotatable bonds is 3. The van der Waals surface area contributed by atoms with Gasteiger partial charge in [0.2, 0.25) is 0 Å². The molecule has 0 aliphatic rings. The van der Waals surface area contributed by atoms with Crippen LogP contribution in [-0.4, -0.2) is 4.92 Å². The summed E-state index contributed by atoms with van der Waals surface area (Å²) in [5.74, 6) is 0. The first-order valence-corrected chi connectivity index (χ1v) is 3.78. The van der Waals surface area contributed by atoms with Gasteiger partial charge in [0.05, 0.1) is 10.5 Å². The third-order valence-electron chi connectivity index (χ3n) is 1.74. The van der Waals surface area contributed by atoms with Crippen LogP contribution in [0.3, 0.4) is 0 Å². The maximum atomic E-state index is 12.2. The maximum absolute atomic E-state index is 12.2. The van der Waals surface area contributed by atoms with Gasteiger partial charge in [0, 0.05) is 11.6 Å². The minimum Gasteiger partial charge on any atom is -0.258 e. The summed E-state index contributed by atoms with van der Waals surface area (Å²) in [6.45, 7) is 0. The van der Waals surface area contributed by atoms with Gasteiger partial charge in [0.15, 0.2) is 0 Å². The Labute approximate surface area is 81.5 Å². The zero-order chi connectivity index (χ0) is 11.6. The highest BCUT2D eigenvalue weighted by Gasteiger charge is 2.23. The maximum Gasteiger partial charge on any atom is 0.278 e. The number of hydrogen-bond donors (Lipinski definition) is 0. The smallest absolute Gasteiger partial charge is 0.258 e. The monoisotopic (exact) mass is 223 g/mol. The van der Waals surface area contributed by atoms with Crippen molar-refractivity contribution >= 4 is 5.69 Å². The highest BCUT2D eigenvalue weighted by atomic mass is 19.3. The molecule has 0 spiro atoms. The lowest BCUT2D eigenvalue weighted by atomic mass is 10.1. The first-order chi connectivity index (χ1) is 6.93. The fraction of sp³-hybridized carbons (Fsp3) is 0.250. The quantitative estimate of drug-likeness (QED) is 0.447. The first kappa shape index (κ1) is 11.4. The van der Waals surface area contributed by atoms with Crippen molar-refractivity contribution < 1.29 is 22.5 Å². The van der Waals surface area contributed by atoms with Crippen molar-refractivity contribution in [1.29, 1.82) is 0 Å². The molecule has 0 amide bonds. The Morgan fingerprint density at radius 3 is 2.13 bits per heavy atom. The topological polar surface area (TPSA) is 43.1 Å². The Bertz CT molecular complexity index is 381. The summed E-state index contributed by atoms with van der Waals surface area (Å²) in [7, 11) is 0. The predicted octanol–water partition coefficient (Wildman–Crippen LogP) is 3.47. The van der Waals surface area contributed by atoms with Crippen LogP contribution in [0.25, 0.3) is 0 Å². The second kappa shape index (κ2) is 4.24. The van der Waals surface area contributed by atoms with E-state index in [2.05, 4.69) is 0 Å². The molecule has 0 aliphatic heterocycles. The van der Waals surface area contributed by atoms with Crippen molar-refractivity contribution in [3.63, 3.8) is 0 Å². The van der Waals surface area contributed by atoms with E-state index < -0.39 is 34.6 Å². The molecule has 0 saturated carbocycles. The van der Waals surface area contributed by atoms with Crippen LogP contribution < -0.4 is 0 Å². The fourth-order valence-electron chi connectivity index (χ4n) is 1.04. The van der Waals surface area contributed by atoms with Crippen LogP contribution in [0.4, 0.5) is 23.2 Å². The third-order valence-corrected chi connectivity index (χ3v) is 1.74. The standard InChI is InChI=1S/C8H5F4NO2/c9-7(10)4-1-2-5(8(11)12)6(3-4)13(14)15/h1-3,7-8H. The summed E-state index contributed by atoms with van der Waals surface area (Å²) in [5.41, 5.74) is -2.49. The molecule has 1 rings (SSSR count). The number of benzene rings is 1. The van der Waals surface area contributed by atoms with E-state index in [1.54, 1.807) is 0 Å². The van der Waals surface area contributed by atoms with E-state index in [4.69, 9.17) is 0 Å².